The maximum absolute atomic E-state index is 5.96. The van der Waals surface area contributed by atoms with E-state index in [2.05, 4.69) is 0 Å². The van der Waals surface area contributed by atoms with Gasteiger partial charge in [0.2, 0.25) is 0 Å². The fraction of sp³-hybridized carbons (Fsp3) is 1.00. The van der Waals surface area contributed by atoms with E-state index < -0.39 is 6.94 Å². The molecule has 0 fully saturated rings. The van der Waals surface area contributed by atoms with E-state index in [1.54, 1.807) is 0 Å². The average Bonchev–Trinajstić information content (AvgIpc) is 2.09. The van der Waals surface area contributed by atoms with Crippen LogP contribution < -0.4 is 0 Å². The van der Waals surface area contributed by atoms with Gasteiger partial charge in [-0.05, 0) is 6.42 Å². The molecular weight excluding hydrogens is 251 g/mol. The van der Waals surface area contributed by atoms with Crippen molar-refractivity contribution in [2.24, 2.45) is 0 Å². The first kappa shape index (κ1) is 14.0. The highest BCUT2D eigenvalue weighted by molar-refractivity contribution is 7.42. The van der Waals surface area contributed by atoms with Gasteiger partial charge in [0.25, 0.3) is 0 Å². The molecule has 0 aliphatic heterocycles. The maximum atomic E-state index is 5.96. The second kappa shape index (κ2) is 8.33. The molecule has 0 amide bonds. The Kier molecular flexibility index (Phi) is 8.97. The van der Waals surface area contributed by atoms with Gasteiger partial charge in [0, 0.05) is 25.1 Å². The molecular formula is C7H15Cl3O2Si. The standard InChI is InChI=1S/C7H15Cl3O2Si/c1-2-4-12-13(9,10)7-6-11-5-3-8/h2-7H2,1H3. The van der Waals surface area contributed by atoms with E-state index in [1.807, 2.05) is 6.92 Å². The molecule has 0 aliphatic rings. The average molecular weight is 266 g/mol. The predicted octanol–water partition coefficient (Wildman–Crippen LogP) is 3.08. The topological polar surface area (TPSA) is 18.5 Å². The Labute approximate surface area is 95.0 Å². The highest BCUT2D eigenvalue weighted by atomic mass is 35.7. The molecule has 0 N–H and O–H groups in total. The summed E-state index contributed by atoms with van der Waals surface area (Å²) >= 11 is 17.4. The Bertz CT molecular complexity index is 124. The number of rotatable bonds is 8. The fourth-order valence-corrected chi connectivity index (χ4v) is 2.74. The van der Waals surface area contributed by atoms with Crippen LogP contribution in [0.4, 0.5) is 0 Å². The van der Waals surface area contributed by atoms with Crippen molar-refractivity contribution in [3.63, 3.8) is 0 Å². The Hall–Kier alpha value is 1.01. The van der Waals surface area contributed by atoms with Crippen LogP contribution in [0.1, 0.15) is 13.3 Å². The number of ether oxygens (including phenoxy) is 1. The first-order chi connectivity index (χ1) is 6.12. The molecule has 0 unspecified atom stereocenters. The van der Waals surface area contributed by atoms with Gasteiger partial charge in [0.05, 0.1) is 6.61 Å². The van der Waals surface area contributed by atoms with E-state index in [4.69, 9.17) is 42.9 Å². The van der Waals surface area contributed by atoms with Crippen LogP contribution in [-0.4, -0.2) is 32.6 Å². The normalized spacial score (nSPS) is 12.0. The van der Waals surface area contributed by atoms with Crippen LogP contribution in [0.5, 0.6) is 0 Å². The van der Waals surface area contributed by atoms with Crippen molar-refractivity contribution in [3.05, 3.63) is 0 Å². The second-order valence-corrected chi connectivity index (χ2v) is 9.22. The van der Waals surface area contributed by atoms with E-state index in [0.717, 1.165) is 6.42 Å². The molecule has 0 saturated heterocycles. The fourth-order valence-electron chi connectivity index (χ4n) is 0.671. The van der Waals surface area contributed by atoms with E-state index >= 15 is 0 Å². The second-order valence-electron chi connectivity index (χ2n) is 2.54. The third-order valence-corrected chi connectivity index (χ3v) is 4.63. The highest BCUT2D eigenvalue weighted by Gasteiger charge is 2.29. The van der Waals surface area contributed by atoms with Crippen molar-refractivity contribution in [2.45, 2.75) is 19.4 Å². The van der Waals surface area contributed by atoms with Gasteiger partial charge in [-0.3, -0.25) is 0 Å². The van der Waals surface area contributed by atoms with Crippen LogP contribution in [0.15, 0.2) is 0 Å². The summed E-state index contributed by atoms with van der Waals surface area (Å²) in [6.45, 7) is 1.20. The molecule has 2 nitrogen and oxygen atoms in total. The third-order valence-electron chi connectivity index (χ3n) is 1.28. The lowest BCUT2D eigenvalue weighted by molar-refractivity contribution is 0.160. The van der Waals surface area contributed by atoms with Crippen LogP contribution in [0.3, 0.4) is 0 Å². The summed E-state index contributed by atoms with van der Waals surface area (Å²) in [7, 11) is 0. The molecule has 0 aliphatic carbocycles. The van der Waals surface area contributed by atoms with Crippen molar-refractivity contribution in [3.8, 4) is 0 Å². The monoisotopic (exact) mass is 264 g/mol. The van der Waals surface area contributed by atoms with Gasteiger partial charge < -0.3 is 9.16 Å². The lowest BCUT2D eigenvalue weighted by Crippen LogP contribution is -2.26. The van der Waals surface area contributed by atoms with Crippen molar-refractivity contribution < 1.29 is 9.16 Å². The summed E-state index contributed by atoms with van der Waals surface area (Å²) in [5.41, 5.74) is 0. The Morgan fingerprint density at radius 3 is 2.38 bits per heavy atom. The lowest BCUT2D eigenvalue weighted by Gasteiger charge is -2.16. The van der Waals surface area contributed by atoms with E-state index in [0.29, 0.717) is 31.7 Å². The summed E-state index contributed by atoms with van der Waals surface area (Å²) in [4.78, 5) is 0. The summed E-state index contributed by atoms with van der Waals surface area (Å²) in [5.74, 6) is 0.495. The molecule has 80 valence electrons. The van der Waals surface area contributed by atoms with Gasteiger partial charge in [-0.25, -0.2) is 0 Å². The molecule has 0 bridgehead atoms. The van der Waals surface area contributed by atoms with Crippen molar-refractivity contribution >= 4 is 40.7 Å². The molecule has 0 heterocycles. The summed E-state index contributed by atoms with van der Waals surface area (Å²) in [5, 5.41) is 0. The molecule has 0 aromatic rings. The molecule has 0 aromatic heterocycles. The molecule has 0 radical (unpaired) electrons. The largest absolute Gasteiger partial charge is 0.392 e. The van der Waals surface area contributed by atoms with Gasteiger partial charge in [0.1, 0.15) is 0 Å². The Balaban J connectivity index is 3.39. The minimum Gasteiger partial charge on any atom is -0.392 e. The van der Waals surface area contributed by atoms with Crippen molar-refractivity contribution in [1.29, 1.82) is 0 Å². The first-order valence-corrected chi connectivity index (χ1v) is 8.95. The van der Waals surface area contributed by atoms with Crippen LogP contribution in [0.2, 0.25) is 6.04 Å². The highest BCUT2D eigenvalue weighted by Crippen LogP contribution is 2.21. The molecule has 0 spiro atoms. The van der Waals surface area contributed by atoms with Gasteiger partial charge in [-0.15, -0.1) is 33.8 Å². The lowest BCUT2D eigenvalue weighted by atomic mass is 10.5. The molecule has 6 heteroatoms. The summed E-state index contributed by atoms with van der Waals surface area (Å²) in [6.07, 6.45) is 0.927. The van der Waals surface area contributed by atoms with Gasteiger partial charge in [0.15, 0.2) is 0 Å². The Morgan fingerprint density at radius 2 is 1.85 bits per heavy atom. The van der Waals surface area contributed by atoms with Crippen molar-refractivity contribution in [2.75, 3.05) is 25.7 Å². The minimum absolute atomic E-state index is 0.495. The number of hydrogen-bond donors (Lipinski definition) is 0. The van der Waals surface area contributed by atoms with E-state index in [1.165, 1.54) is 0 Å². The number of alkyl halides is 1. The van der Waals surface area contributed by atoms with Crippen LogP contribution >= 0.6 is 33.8 Å². The maximum Gasteiger partial charge on any atom is 0.391 e. The summed E-state index contributed by atoms with van der Waals surface area (Å²) in [6, 6.07) is 0.590. The number of hydrogen-bond acceptors (Lipinski definition) is 2. The zero-order valence-electron chi connectivity index (χ0n) is 7.69. The predicted molar refractivity (Wildman–Crippen MR) is 60.0 cm³/mol. The third kappa shape index (κ3) is 9.31. The zero-order chi connectivity index (χ0) is 10.2. The Morgan fingerprint density at radius 1 is 1.15 bits per heavy atom. The molecule has 0 saturated carbocycles. The first-order valence-electron chi connectivity index (χ1n) is 4.28. The number of halogens is 3. The molecule has 0 aromatic carbocycles. The van der Waals surface area contributed by atoms with Crippen molar-refractivity contribution in [1.82, 2.24) is 0 Å². The van der Waals surface area contributed by atoms with Gasteiger partial charge in [-0.1, -0.05) is 6.92 Å². The van der Waals surface area contributed by atoms with Crippen LogP contribution in [0.25, 0.3) is 0 Å². The van der Waals surface area contributed by atoms with E-state index in [9.17, 15) is 0 Å². The minimum atomic E-state index is -2.50. The van der Waals surface area contributed by atoms with E-state index in [-0.39, 0.29) is 0 Å². The quantitative estimate of drug-likeness (QED) is 0.291. The van der Waals surface area contributed by atoms with Gasteiger partial charge >= 0.3 is 6.94 Å². The zero-order valence-corrected chi connectivity index (χ0v) is 11.0. The van der Waals surface area contributed by atoms with Crippen LogP contribution in [0, 0.1) is 0 Å². The van der Waals surface area contributed by atoms with Crippen LogP contribution in [-0.2, 0) is 9.16 Å². The SMILES string of the molecule is CCCO[Si](Cl)(Cl)CCOCCCl. The van der Waals surface area contributed by atoms with Gasteiger partial charge in [-0.2, -0.15) is 0 Å². The molecule has 0 atom stereocenters. The molecule has 13 heavy (non-hydrogen) atoms. The molecule has 0 rings (SSSR count). The smallest absolute Gasteiger partial charge is 0.391 e. The summed E-state index contributed by atoms with van der Waals surface area (Å²) < 4.78 is 10.5.